The maximum absolute atomic E-state index is 6.07. The van der Waals surface area contributed by atoms with Crippen molar-refractivity contribution in [3.63, 3.8) is 0 Å². The van der Waals surface area contributed by atoms with Crippen molar-refractivity contribution in [1.82, 2.24) is 5.32 Å². The number of halogens is 1. The normalized spacial score (nSPS) is 28.1. The van der Waals surface area contributed by atoms with E-state index in [1.807, 2.05) is 6.07 Å². The molecule has 1 saturated carbocycles. The van der Waals surface area contributed by atoms with Crippen LogP contribution in [0.1, 0.15) is 32.3 Å². The second kappa shape index (κ2) is 4.77. The molecule has 2 unspecified atom stereocenters. The smallest absolute Gasteiger partial charge is 0.0408 e. The quantitative estimate of drug-likeness (QED) is 0.825. The van der Waals surface area contributed by atoms with Gasteiger partial charge in [0, 0.05) is 5.02 Å². The second-order valence-corrected chi connectivity index (χ2v) is 5.17. The van der Waals surface area contributed by atoms with E-state index in [0.717, 1.165) is 24.0 Å². The van der Waals surface area contributed by atoms with Crippen LogP contribution in [0.25, 0.3) is 0 Å². The summed E-state index contributed by atoms with van der Waals surface area (Å²) in [6, 6.07) is 8.38. The fourth-order valence-corrected chi connectivity index (χ4v) is 2.95. The zero-order valence-corrected chi connectivity index (χ0v) is 10.8. The molecular weight excluding hydrogens is 218 g/mol. The number of hydrogen-bond acceptors (Lipinski definition) is 1. The number of benzene rings is 1. The summed E-state index contributed by atoms with van der Waals surface area (Å²) < 4.78 is 0. The summed E-state index contributed by atoms with van der Waals surface area (Å²) in [5.41, 5.74) is 1.82. The van der Waals surface area contributed by atoms with Crippen LogP contribution < -0.4 is 5.32 Å². The largest absolute Gasteiger partial charge is 0.317 e. The number of hydrogen-bond donors (Lipinski definition) is 1. The summed E-state index contributed by atoms with van der Waals surface area (Å²) in [5, 5.41) is 4.31. The molecule has 0 radical (unpaired) electrons. The highest BCUT2D eigenvalue weighted by atomic mass is 35.5. The lowest BCUT2D eigenvalue weighted by Crippen LogP contribution is -2.20. The lowest BCUT2D eigenvalue weighted by atomic mass is 9.90. The van der Waals surface area contributed by atoms with Crippen molar-refractivity contribution in [1.29, 1.82) is 0 Å². The third kappa shape index (κ3) is 2.11. The highest BCUT2D eigenvalue weighted by Gasteiger charge is 2.52. The second-order valence-electron chi connectivity index (χ2n) is 4.73. The van der Waals surface area contributed by atoms with Gasteiger partial charge in [-0.05, 0) is 55.0 Å². The molecule has 16 heavy (non-hydrogen) atoms. The number of rotatable bonds is 5. The van der Waals surface area contributed by atoms with Gasteiger partial charge in [0.1, 0.15) is 0 Å². The number of nitrogens with one attached hydrogen (secondary N) is 1. The van der Waals surface area contributed by atoms with E-state index in [2.05, 4.69) is 37.4 Å². The zero-order chi connectivity index (χ0) is 11.6. The zero-order valence-electron chi connectivity index (χ0n) is 10.1. The summed E-state index contributed by atoms with van der Waals surface area (Å²) in [6.45, 7) is 6.64. The van der Waals surface area contributed by atoms with Gasteiger partial charge in [-0.3, -0.25) is 0 Å². The first kappa shape index (κ1) is 11.9. The fourth-order valence-electron chi connectivity index (χ4n) is 2.76. The van der Waals surface area contributed by atoms with Crippen LogP contribution in [0.4, 0.5) is 0 Å². The molecule has 0 aromatic heterocycles. The van der Waals surface area contributed by atoms with Crippen LogP contribution in [0.15, 0.2) is 24.3 Å². The molecule has 2 heteroatoms. The molecule has 2 rings (SSSR count). The summed E-state index contributed by atoms with van der Waals surface area (Å²) in [6.07, 6.45) is 2.51. The van der Waals surface area contributed by atoms with Crippen LogP contribution in [0.3, 0.4) is 0 Å². The molecular formula is C14H20ClN. The van der Waals surface area contributed by atoms with Crippen LogP contribution in [0, 0.1) is 5.92 Å². The fraction of sp³-hybridized carbons (Fsp3) is 0.571. The minimum Gasteiger partial charge on any atom is -0.317 e. The Bertz CT molecular complexity index is 364. The molecule has 0 heterocycles. The van der Waals surface area contributed by atoms with Crippen LogP contribution in [-0.2, 0) is 5.41 Å². The lowest BCUT2D eigenvalue weighted by molar-refractivity contribution is 0.547. The van der Waals surface area contributed by atoms with Crippen LogP contribution in [0.5, 0.6) is 0 Å². The molecule has 1 aliphatic carbocycles. The van der Waals surface area contributed by atoms with Gasteiger partial charge in [0.15, 0.2) is 0 Å². The molecule has 1 aromatic carbocycles. The maximum Gasteiger partial charge on any atom is 0.0408 e. The van der Waals surface area contributed by atoms with Gasteiger partial charge in [-0.2, -0.15) is 0 Å². The van der Waals surface area contributed by atoms with Crippen molar-refractivity contribution in [2.24, 2.45) is 5.92 Å². The summed E-state index contributed by atoms with van der Waals surface area (Å²) in [7, 11) is 0. The Morgan fingerprint density at radius 3 is 2.88 bits per heavy atom. The van der Waals surface area contributed by atoms with E-state index in [9.17, 15) is 0 Å². The summed E-state index contributed by atoms with van der Waals surface area (Å²) in [4.78, 5) is 0. The molecule has 0 amide bonds. The van der Waals surface area contributed by atoms with Gasteiger partial charge >= 0.3 is 0 Å². The average molecular weight is 238 g/mol. The Morgan fingerprint density at radius 2 is 2.25 bits per heavy atom. The average Bonchev–Trinajstić information content (AvgIpc) is 3.01. The molecule has 1 fully saturated rings. The first-order valence-electron chi connectivity index (χ1n) is 6.19. The van der Waals surface area contributed by atoms with Crippen molar-refractivity contribution >= 4 is 11.6 Å². The Hall–Kier alpha value is -0.530. The molecule has 0 aliphatic heterocycles. The lowest BCUT2D eigenvalue weighted by Gasteiger charge is -2.16. The van der Waals surface area contributed by atoms with Gasteiger partial charge in [0.25, 0.3) is 0 Å². The van der Waals surface area contributed by atoms with E-state index in [1.165, 1.54) is 18.4 Å². The molecule has 0 spiro atoms. The molecule has 2 atom stereocenters. The van der Waals surface area contributed by atoms with Crippen molar-refractivity contribution in [2.45, 2.75) is 32.1 Å². The molecule has 1 aromatic rings. The Morgan fingerprint density at radius 1 is 1.44 bits per heavy atom. The van der Waals surface area contributed by atoms with E-state index < -0.39 is 0 Å². The topological polar surface area (TPSA) is 12.0 Å². The molecule has 0 bridgehead atoms. The van der Waals surface area contributed by atoms with Crippen molar-refractivity contribution in [3.8, 4) is 0 Å². The van der Waals surface area contributed by atoms with E-state index >= 15 is 0 Å². The van der Waals surface area contributed by atoms with Gasteiger partial charge in [-0.25, -0.2) is 0 Å². The van der Waals surface area contributed by atoms with E-state index in [0.29, 0.717) is 5.41 Å². The summed E-state index contributed by atoms with van der Waals surface area (Å²) >= 11 is 6.07. The van der Waals surface area contributed by atoms with Gasteiger partial charge in [0.2, 0.25) is 0 Å². The third-order valence-corrected chi connectivity index (χ3v) is 4.14. The summed E-state index contributed by atoms with van der Waals surface area (Å²) in [5.74, 6) is 0.788. The van der Waals surface area contributed by atoms with Gasteiger partial charge < -0.3 is 5.32 Å². The van der Waals surface area contributed by atoms with Gasteiger partial charge in [-0.1, -0.05) is 37.6 Å². The van der Waals surface area contributed by atoms with E-state index in [4.69, 9.17) is 11.6 Å². The standard InChI is InChI=1S/C14H20ClN/c1-3-14(9-12(14)10-16-4-2)11-6-5-7-13(15)8-11/h5-8,12,16H,3-4,9-10H2,1-2H3. The molecule has 0 saturated heterocycles. The van der Waals surface area contributed by atoms with Crippen LogP contribution in [-0.4, -0.2) is 13.1 Å². The van der Waals surface area contributed by atoms with Gasteiger partial charge in [-0.15, -0.1) is 0 Å². The Balaban J connectivity index is 2.12. The first-order valence-corrected chi connectivity index (χ1v) is 6.57. The van der Waals surface area contributed by atoms with Crippen LogP contribution in [0.2, 0.25) is 5.02 Å². The maximum atomic E-state index is 6.07. The first-order chi connectivity index (χ1) is 7.73. The van der Waals surface area contributed by atoms with Gasteiger partial charge in [0.05, 0.1) is 0 Å². The minimum atomic E-state index is 0.396. The highest BCUT2D eigenvalue weighted by molar-refractivity contribution is 6.30. The van der Waals surface area contributed by atoms with E-state index in [1.54, 1.807) is 0 Å². The monoisotopic (exact) mass is 237 g/mol. The molecule has 1 N–H and O–H groups in total. The predicted molar refractivity (Wildman–Crippen MR) is 70.1 cm³/mol. The SMILES string of the molecule is CCNCC1CC1(CC)c1cccc(Cl)c1. The van der Waals surface area contributed by atoms with Crippen molar-refractivity contribution in [3.05, 3.63) is 34.9 Å². The minimum absolute atomic E-state index is 0.396. The van der Waals surface area contributed by atoms with E-state index in [-0.39, 0.29) is 0 Å². The molecule has 1 nitrogen and oxygen atoms in total. The van der Waals surface area contributed by atoms with Crippen molar-refractivity contribution in [2.75, 3.05) is 13.1 Å². The van der Waals surface area contributed by atoms with Crippen molar-refractivity contribution < 1.29 is 0 Å². The predicted octanol–water partition coefficient (Wildman–Crippen LogP) is 3.62. The Labute approximate surface area is 103 Å². The third-order valence-electron chi connectivity index (χ3n) is 3.90. The molecule has 88 valence electrons. The molecule has 1 aliphatic rings. The highest BCUT2D eigenvalue weighted by Crippen LogP contribution is 2.56. The van der Waals surface area contributed by atoms with Crippen LogP contribution >= 0.6 is 11.6 Å². The Kier molecular flexibility index (Phi) is 3.56.